The molecule has 0 spiro atoms. The lowest BCUT2D eigenvalue weighted by Gasteiger charge is -2.12. The summed E-state index contributed by atoms with van der Waals surface area (Å²) in [5.41, 5.74) is 4.47. The van der Waals surface area contributed by atoms with E-state index in [1.54, 1.807) is 0 Å². The molecule has 1 aromatic heterocycles. The SMILES string of the molecule is CCC(C)c1ccc(OCCCCn2c(-c3ccccc3Cl)nc3ccccc32)cc1. The zero-order valence-corrected chi connectivity index (χ0v) is 19.0. The molecule has 4 aromatic rings. The number of nitrogens with zero attached hydrogens (tertiary/aromatic N) is 2. The van der Waals surface area contributed by atoms with Crippen LogP contribution in [0.4, 0.5) is 0 Å². The standard InChI is InChI=1S/C27H29ClN2O/c1-3-20(2)21-14-16-22(17-15-21)31-19-9-8-18-30-26-13-7-6-12-25(26)29-27(30)23-10-4-5-11-24(23)28/h4-7,10-17,20H,3,8-9,18-19H2,1-2H3. The molecule has 31 heavy (non-hydrogen) atoms. The van der Waals surface area contributed by atoms with Crippen molar-refractivity contribution in [2.24, 2.45) is 0 Å². The van der Waals surface area contributed by atoms with Crippen molar-refractivity contribution in [1.29, 1.82) is 0 Å². The van der Waals surface area contributed by atoms with Crippen molar-refractivity contribution in [2.75, 3.05) is 6.61 Å². The van der Waals surface area contributed by atoms with E-state index < -0.39 is 0 Å². The molecule has 0 N–H and O–H groups in total. The van der Waals surface area contributed by atoms with Gasteiger partial charge in [0.1, 0.15) is 11.6 Å². The molecule has 0 aliphatic rings. The number of aryl methyl sites for hydroxylation is 1. The van der Waals surface area contributed by atoms with Gasteiger partial charge >= 0.3 is 0 Å². The van der Waals surface area contributed by atoms with E-state index in [9.17, 15) is 0 Å². The van der Waals surface area contributed by atoms with Crippen LogP contribution in [-0.4, -0.2) is 16.2 Å². The van der Waals surface area contributed by atoms with Gasteiger partial charge in [-0.25, -0.2) is 4.98 Å². The lowest BCUT2D eigenvalue weighted by atomic mass is 9.99. The second-order valence-corrected chi connectivity index (χ2v) is 8.40. The maximum absolute atomic E-state index is 6.48. The van der Waals surface area contributed by atoms with Gasteiger partial charge in [0.15, 0.2) is 0 Å². The van der Waals surface area contributed by atoms with Gasteiger partial charge in [-0.3, -0.25) is 0 Å². The van der Waals surface area contributed by atoms with Crippen molar-refractivity contribution in [2.45, 2.75) is 45.6 Å². The highest BCUT2D eigenvalue weighted by molar-refractivity contribution is 6.33. The van der Waals surface area contributed by atoms with Gasteiger partial charge in [0.05, 0.1) is 22.7 Å². The van der Waals surface area contributed by atoms with Crippen LogP contribution in [0, 0.1) is 0 Å². The van der Waals surface area contributed by atoms with Crippen LogP contribution in [0.3, 0.4) is 0 Å². The summed E-state index contributed by atoms with van der Waals surface area (Å²) in [4.78, 5) is 4.87. The summed E-state index contributed by atoms with van der Waals surface area (Å²) in [5, 5.41) is 0.725. The summed E-state index contributed by atoms with van der Waals surface area (Å²) in [7, 11) is 0. The number of hydrogen-bond donors (Lipinski definition) is 0. The summed E-state index contributed by atoms with van der Waals surface area (Å²) in [6.07, 6.45) is 3.13. The third-order valence-corrected chi connectivity index (χ3v) is 6.21. The number of fused-ring (bicyclic) bond motifs is 1. The zero-order chi connectivity index (χ0) is 21.6. The Labute approximate surface area is 189 Å². The monoisotopic (exact) mass is 432 g/mol. The lowest BCUT2D eigenvalue weighted by Crippen LogP contribution is -2.04. The van der Waals surface area contributed by atoms with E-state index in [2.05, 4.69) is 60.9 Å². The number of benzene rings is 3. The molecule has 3 aromatic carbocycles. The predicted octanol–water partition coefficient (Wildman–Crippen LogP) is 7.73. The Morgan fingerprint density at radius 1 is 0.935 bits per heavy atom. The molecule has 4 rings (SSSR count). The molecule has 0 saturated carbocycles. The predicted molar refractivity (Wildman–Crippen MR) is 130 cm³/mol. The summed E-state index contributed by atoms with van der Waals surface area (Å²) in [5.74, 6) is 2.46. The van der Waals surface area contributed by atoms with Crippen LogP contribution in [0.1, 0.15) is 44.6 Å². The van der Waals surface area contributed by atoms with Gasteiger partial charge in [-0.05, 0) is 67.1 Å². The molecule has 0 radical (unpaired) electrons. The van der Waals surface area contributed by atoms with Gasteiger partial charge in [0.25, 0.3) is 0 Å². The van der Waals surface area contributed by atoms with E-state index in [4.69, 9.17) is 21.3 Å². The zero-order valence-electron chi connectivity index (χ0n) is 18.2. The number of rotatable bonds is 9. The van der Waals surface area contributed by atoms with Crippen LogP contribution >= 0.6 is 11.6 Å². The summed E-state index contributed by atoms with van der Waals surface area (Å²) in [6.45, 7) is 6.05. The number of hydrogen-bond acceptors (Lipinski definition) is 2. The van der Waals surface area contributed by atoms with E-state index >= 15 is 0 Å². The molecule has 1 unspecified atom stereocenters. The minimum Gasteiger partial charge on any atom is -0.494 e. The van der Waals surface area contributed by atoms with E-state index in [0.717, 1.165) is 59.0 Å². The van der Waals surface area contributed by atoms with Crippen LogP contribution in [0.2, 0.25) is 5.02 Å². The fourth-order valence-corrected chi connectivity index (χ4v) is 4.06. The number of halogens is 1. The highest BCUT2D eigenvalue weighted by Gasteiger charge is 2.14. The quantitative estimate of drug-likeness (QED) is 0.253. The molecule has 0 aliphatic heterocycles. The van der Waals surface area contributed by atoms with Crippen molar-refractivity contribution in [3.05, 3.63) is 83.4 Å². The van der Waals surface area contributed by atoms with E-state index in [-0.39, 0.29) is 0 Å². The lowest BCUT2D eigenvalue weighted by molar-refractivity contribution is 0.303. The summed E-state index contributed by atoms with van der Waals surface area (Å²) < 4.78 is 8.24. The van der Waals surface area contributed by atoms with Crippen LogP contribution in [0.5, 0.6) is 5.75 Å². The third-order valence-electron chi connectivity index (χ3n) is 5.88. The first kappa shape index (κ1) is 21.5. The molecule has 1 atom stereocenters. The Kier molecular flexibility index (Phi) is 6.93. The second-order valence-electron chi connectivity index (χ2n) is 7.99. The maximum atomic E-state index is 6.48. The Morgan fingerprint density at radius 2 is 1.68 bits per heavy atom. The molecule has 0 aliphatic carbocycles. The minimum atomic E-state index is 0.589. The highest BCUT2D eigenvalue weighted by atomic mass is 35.5. The second kappa shape index (κ2) is 10.0. The topological polar surface area (TPSA) is 27.1 Å². The number of ether oxygens (including phenoxy) is 1. The fraction of sp³-hybridized carbons (Fsp3) is 0.296. The van der Waals surface area contributed by atoms with Crippen LogP contribution in [0.25, 0.3) is 22.4 Å². The molecular formula is C27H29ClN2O. The molecule has 160 valence electrons. The molecule has 0 saturated heterocycles. The summed E-state index contributed by atoms with van der Waals surface area (Å²) >= 11 is 6.48. The Hall–Kier alpha value is -2.78. The molecule has 0 amide bonds. The molecule has 3 nitrogen and oxygen atoms in total. The number of aromatic nitrogens is 2. The molecule has 1 heterocycles. The highest BCUT2D eigenvalue weighted by Crippen LogP contribution is 2.30. The van der Waals surface area contributed by atoms with Crippen LogP contribution in [0.15, 0.2) is 72.8 Å². The van der Waals surface area contributed by atoms with Crippen molar-refractivity contribution in [3.63, 3.8) is 0 Å². The number of para-hydroxylation sites is 2. The first-order valence-electron chi connectivity index (χ1n) is 11.1. The molecule has 4 heteroatoms. The van der Waals surface area contributed by atoms with Gasteiger partial charge < -0.3 is 9.30 Å². The van der Waals surface area contributed by atoms with Gasteiger partial charge in [-0.15, -0.1) is 0 Å². The van der Waals surface area contributed by atoms with Crippen molar-refractivity contribution < 1.29 is 4.74 Å². The van der Waals surface area contributed by atoms with Crippen LogP contribution in [-0.2, 0) is 6.54 Å². The normalized spacial score (nSPS) is 12.2. The average molecular weight is 433 g/mol. The Bertz CT molecular complexity index is 1130. The van der Waals surface area contributed by atoms with Gasteiger partial charge in [0.2, 0.25) is 0 Å². The largest absolute Gasteiger partial charge is 0.494 e. The van der Waals surface area contributed by atoms with Gasteiger partial charge in [0, 0.05) is 12.1 Å². The third kappa shape index (κ3) is 4.94. The Balaban J connectivity index is 1.40. The first-order valence-corrected chi connectivity index (χ1v) is 11.5. The van der Waals surface area contributed by atoms with E-state index in [1.807, 2.05) is 30.3 Å². The van der Waals surface area contributed by atoms with Crippen molar-refractivity contribution in [3.8, 4) is 17.1 Å². The molecule has 0 bridgehead atoms. The minimum absolute atomic E-state index is 0.589. The first-order chi connectivity index (χ1) is 15.2. The maximum Gasteiger partial charge on any atom is 0.142 e. The van der Waals surface area contributed by atoms with E-state index in [1.165, 1.54) is 5.56 Å². The van der Waals surface area contributed by atoms with Crippen molar-refractivity contribution in [1.82, 2.24) is 9.55 Å². The van der Waals surface area contributed by atoms with E-state index in [0.29, 0.717) is 12.5 Å². The van der Waals surface area contributed by atoms with Crippen molar-refractivity contribution >= 4 is 22.6 Å². The number of unbranched alkanes of at least 4 members (excludes halogenated alkanes) is 1. The number of imidazole rings is 1. The van der Waals surface area contributed by atoms with Gasteiger partial charge in [-0.2, -0.15) is 0 Å². The fourth-order valence-electron chi connectivity index (χ4n) is 3.84. The smallest absolute Gasteiger partial charge is 0.142 e. The summed E-state index contributed by atoms with van der Waals surface area (Å²) in [6, 6.07) is 24.7. The molecule has 0 fully saturated rings. The molecular weight excluding hydrogens is 404 g/mol. The Morgan fingerprint density at radius 3 is 2.45 bits per heavy atom. The van der Waals surface area contributed by atoms with Crippen LogP contribution < -0.4 is 4.74 Å². The average Bonchev–Trinajstić information content (AvgIpc) is 3.17. The van der Waals surface area contributed by atoms with Gasteiger partial charge in [-0.1, -0.05) is 61.8 Å².